The minimum atomic E-state index is 0.470. The molecule has 0 unspecified atom stereocenters. The summed E-state index contributed by atoms with van der Waals surface area (Å²) in [7, 11) is 0. The summed E-state index contributed by atoms with van der Waals surface area (Å²) >= 11 is 0. The molecule has 2 rings (SSSR count). The number of rotatable bonds is 5. The molecular weight excluding hydrogens is 238 g/mol. The molecule has 0 amide bonds. The molecule has 5 heteroatoms. The van der Waals surface area contributed by atoms with Gasteiger partial charge in [0.05, 0.1) is 0 Å². The quantitative estimate of drug-likeness (QED) is 0.562. The third-order valence-electron chi connectivity index (χ3n) is 4.10. The average Bonchev–Trinajstić information content (AvgIpc) is 2.45. The molecule has 1 aromatic heterocycles. The van der Waals surface area contributed by atoms with E-state index < -0.39 is 0 Å². The lowest BCUT2D eigenvalue weighted by atomic mass is 9.81. The van der Waals surface area contributed by atoms with Crippen LogP contribution in [-0.2, 0) is 0 Å². The highest BCUT2D eigenvalue weighted by Gasteiger charge is 2.19. The Morgan fingerprint density at radius 3 is 2.53 bits per heavy atom. The molecule has 1 saturated carbocycles. The molecule has 1 fully saturated rings. The Labute approximate surface area is 115 Å². The molecular formula is C14H25N5. The van der Waals surface area contributed by atoms with Gasteiger partial charge in [0, 0.05) is 18.3 Å². The second-order valence-electron chi connectivity index (χ2n) is 5.54. The van der Waals surface area contributed by atoms with Crippen LogP contribution < -0.4 is 16.6 Å². The summed E-state index contributed by atoms with van der Waals surface area (Å²) in [5.74, 6) is 8.40. The molecule has 0 atom stereocenters. The van der Waals surface area contributed by atoms with Gasteiger partial charge in [-0.05, 0) is 31.6 Å². The average molecular weight is 263 g/mol. The molecule has 0 spiro atoms. The van der Waals surface area contributed by atoms with Gasteiger partial charge in [-0.2, -0.15) is 4.98 Å². The smallest absolute Gasteiger partial charge is 0.239 e. The number of nitrogens with one attached hydrogen (secondary N) is 2. The molecule has 0 saturated heterocycles. The van der Waals surface area contributed by atoms with Gasteiger partial charge in [0.25, 0.3) is 0 Å². The first kappa shape index (κ1) is 14.1. The van der Waals surface area contributed by atoms with Crippen molar-refractivity contribution >= 4 is 11.8 Å². The van der Waals surface area contributed by atoms with Crippen LogP contribution >= 0.6 is 0 Å². The van der Waals surface area contributed by atoms with Crippen molar-refractivity contribution in [1.29, 1.82) is 0 Å². The number of aryl methyl sites for hydroxylation is 1. The normalized spacial score (nSPS) is 23.1. The Morgan fingerprint density at radius 2 is 1.89 bits per heavy atom. The zero-order valence-electron chi connectivity index (χ0n) is 11.9. The van der Waals surface area contributed by atoms with Gasteiger partial charge in [0.15, 0.2) is 0 Å². The standard InChI is InChI=1S/C14H25N5/c1-3-11-4-6-12(7-5-11)9-16-13-8-10(2)17-14(18-13)19-15/h8,11-12H,3-7,9,15H2,1-2H3,(H2,16,17,18,19). The highest BCUT2D eigenvalue weighted by molar-refractivity contribution is 5.41. The van der Waals surface area contributed by atoms with Gasteiger partial charge in [0.1, 0.15) is 5.82 Å². The Hall–Kier alpha value is -1.36. The van der Waals surface area contributed by atoms with Crippen molar-refractivity contribution in [1.82, 2.24) is 9.97 Å². The lowest BCUT2D eigenvalue weighted by molar-refractivity contribution is 0.278. The third-order valence-corrected chi connectivity index (χ3v) is 4.10. The van der Waals surface area contributed by atoms with Gasteiger partial charge in [0.2, 0.25) is 5.95 Å². The first-order valence-electron chi connectivity index (χ1n) is 7.27. The largest absolute Gasteiger partial charge is 0.370 e. The molecule has 1 heterocycles. The van der Waals surface area contributed by atoms with E-state index in [9.17, 15) is 0 Å². The van der Waals surface area contributed by atoms with Crippen molar-refractivity contribution in [3.63, 3.8) is 0 Å². The summed E-state index contributed by atoms with van der Waals surface area (Å²) in [6.45, 7) is 5.24. The summed E-state index contributed by atoms with van der Waals surface area (Å²) in [6, 6.07) is 1.96. The number of nitrogens with zero attached hydrogens (tertiary/aromatic N) is 2. The number of anilines is 2. The molecule has 1 aliphatic carbocycles. The van der Waals surface area contributed by atoms with E-state index in [1.807, 2.05) is 13.0 Å². The van der Waals surface area contributed by atoms with Gasteiger partial charge < -0.3 is 5.32 Å². The van der Waals surface area contributed by atoms with Gasteiger partial charge in [-0.3, -0.25) is 5.43 Å². The van der Waals surface area contributed by atoms with Crippen LogP contribution in [0.2, 0.25) is 0 Å². The highest BCUT2D eigenvalue weighted by atomic mass is 15.3. The molecule has 5 nitrogen and oxygen atoms in total. The van der Waals surface area contributed by atoms with Crippen LogP contribution in [0, 0.1) is 18.8 Å². The number of aromatic nitrogens is 2. The Morgan fingerprint density at radius 1 is 1.21 bits per heavy atom. The van der Waals surface area contributed by atoms with E-state index in [4.69, 9.17) is 5.84 Å². The molecule has 0 aromatic carbocycles. The summed E-state index contributed by atoms with van der Waals surface area (Å²) in [5, 5.41) is 3.42. The second-order valence-corrected chi connectivity index (χ2v) is 5.54. The Bertz CT molecular complexity index is 399. The molecule has 0 bridgehead atoms. The summed E-state index contributed by atoms with van der Waals surface area (Å²) < 4.78 is 0. The monoisotopic (exact) mass is 263 g/mol. The van der Waals surface area contributed by atoms with Crippen LogP contribution in [0.25, 0.3) is 0 Å². The maximum absolute atomic E-state index is 5.35. The van der Waals surface area contributed by atoms with Crippen LogP contribution in [0.4, 0.5) is 11.8 Å². The van der Waals surface area contributed by atoms with E-state index in [1.54, 1.807) is 0 Å². The number of nitrogens with two attached hydrogens (primary N) is 1. The minimum Gasteiger partial charge on any atom is -0.370 e. The fourth-order valence-electron chi connectivity index (χ4n) is 2.82. The van der Waals surface area contributed by atoms with Crippen LogP contribution in [0.3, 0.4) is 0 Å². The zero-order chi connectivity index (χ0) is 13.7. The molecule has 19 heavy (non-hydrogen) atoms. The molecule has 0 radical (unpaired) electrons. The first-order valence-corrected chi connectivity index (χ1v) is 7.27. The fourth-order valence-corrected chi connectivity index (χ4v) is 2.82. The third kappa shape index (κ3) is 4.06. The molecule has 1 aliphatic rings. The van der Waals surface area contributed by atoms with Gasteiger partial charge >= 0.3 is 0 Å². The summed E-state index contributed by atoms with van der Waals surface area (Å²) in [4.78, 5) is 8.49. The highest BCUT2D eigenvalue weighted by Crippen LogP contribution is 2.30. The van der Waals surface area contributed by atoms with E-state index in [0.29, 0.717) is 5.95 Å². The van der Waals surface area contributed by atoms with Crippen LogP contribution in [0.5, 0.6) is 0 Å². The van der Waals surface area contributed by atoms with Crippen LogP contribution in [-0.4, -0.2) is 16.5 Å². The molecule has 1 aromatic rings. The van der Waals surface area contributed by atoms with Gasteiger partial charge in [-0.25, -0.2) is 10.8 Å². The van der Waals surface area contributed by atoms with Gasteiger partial charge in [-0.15, -0.1) is 0 Å². The van der Waals surface area contributed by atoms with E-state index in [2.05, 4.69) is 27.6 Å². The first-order chi connectivity index (χ1) is 9.21. The minimum absolute atomic E-state index is 0.470. The van der Waals surface area contributed by atoms with Crippen molar-refractivity contribution in [2.24, 2.45) is 17.7 Å². The maximum Gasteiger partial charge on any atom is 0.239 e. The predicted octanol–water partition coefficient (Wildman–Crippen LogP) is 2.70. The maximum atomic E-state index is 5.35. The van der Waals surface area contributed by atoms with Crippen LogP contribution in [0.1, 0.15) is 44.7 Å². The SMILES string of the molecule is CCC1CCC(CNc2cc(C)nc(NN)n2)CC1. The molecule has 4 N–H and O–H groups in total. The summed E-state index contributed by atoms with van der Waals surface area (Å²) in [5.41, 5.74) is 3.41. The Balaban J connectivity index is 1.84. The molecule has 106 valence electrons. The van der Waals surface area contributed by atoms with E-state index in [-0.39, 0.29) is 0 Å². The number of hydrazine groups is 1. The topological polar surface area (TPSA) is 75.9 Å². The number of hydrogen-bond donors (Lipinski definition) is 3. The predicted molar refractivity (Wildman–Crippen MR) is 78.8 cm³/mol. The zero-order valence-corrected chi connectivity index (χ0v) is 11.9. The second kappa shape index (κ2) is 6.70. The van der Waals surface area contributed by atoms with E-state index >= 15 is 0 Å². The molecule has 0 aliphatic heterocycles. The lowest BCUT2D eigenvalue weighted by Crippen LogP contribution is -2.21. The summed E-state index contributed by atoms with van der Waals surface area (Å²) in [6.07, 6.45) is 6.74. The fraction of sp³-hybridized carbons (Fsp3) is 0.714. The van der Waals surface area contributed by atoms with E-state index in [0.717, 1.165) is 29.9 Å². The van der Waals surface area contributed by atoms with E-state index in [1.165, 1.54) is 32.1 Å². The van der Waals surface area contributed by atoms with Crippen molar-refractivity contribution in [3.05, 3.63) is 11.8 Å². The lowest BCUT2D eigenvalue weighted by Gasteiger charge is -2.28. The number of nitrogen functional groups attached to an aromatic ring is 1. The number of hydrogen-bond acceptors (Lipinski definition) is 5. The van der Waals surface area contributed by atoms with Crippen molar-refractivity contribution in [2.45, 2.75) is 46.0 Å². The van der Waals surface area contributed by atoms with Crippen molar-refractivity contribution in [3.8, 4) is 0 Å². The van der Waals surface area contributed by atoms with Gasteiger partial charge in [-0.1, -0.05) is 26.2 Å². The van der Waals surface area contributed by atoms with Crippen molar-refractivity contribution < 1.29 is 0 Å². The van der Waals surface area contributed by atoms with Crippen molar-refractivity contribution in [2.75, 3.05) is 17.3 Å². The Kier molecular flexibility index (Phi) is 4.96. The van der Waals surface area contributed by atoms with Crippen LogP contribution in [0.15, 0.2) is 6.07 Å².